The minimum Gasteiger partial charge on any atom is -0.489 e. The summed E-state index contributed by atoms with van der Waals surface area (Å²) >= 11 is 5.85. The van der Waals surface area contributed by atoms with E-state index < -0.39 is 0 Å². The Hall–Kier alpha value is -1.22. The highest BCUT2D eigenvalue weighted by Gasteiger charge is 2.06. The van der Waals surface area contributed by atoms with Gasteiger partial charge < -0.3 is 20.7 Å². The van der Waals surface area contributed by atoms with Crippen LogP contribution in [0.4, 0.5) is 0 Å². The van der Waals surface area contributed by atoms with Gasteiger partial charge in [0.1, 0.15) is 18.4 Å². The predicted molar refractivity (Wildman–Crippen MR) is 114 cm³/mol. The first-order valence-electron chi connectivity index (χ1n) is 8.26. The SMILES string of the molecule is CCCNC(=O)CN=C(NCC)NCC(C)Oc1ccc(Cl)cc1.I. The number of hydrogen-bond acceptors (Lipinski definition) is 3. The molecule has 142 valence electrons. The highest BCUT2D eigenvalue weighted by Crippen LogP contribution is 2.16. The number of guanidine groups is 1. The van der Waals surface area contributed by atoms with E-state index in [2.05, 4.69) is 20.9 Å². The summed E-state index contributed by atoms with van der Waals surface area (Å²) in [6.45, 7) is 7.99. The molecule has 0 spiro atoms. The van der Waals surface area contributed by atoms with Gasteiger partial charge in [0.15, 0.2) is 5.96 Å². The number of halogens is 2. The Labute approximate surface area is 172 Å². The second kappa shape index (κ2) is 14.0. The molecule has 1 atom stereocenters. The third kappa shape index (κ3) is 11.1. The predicted octanol–water partition coefficient (Wildman–Crippen LogP) is 2.81. The molecule has 0 radical (unpaired) electrons. The largest absolute Gasteiger partial charge is 0.489 e. The maximum absolute atomic E-state index is 11.6. The number of hydrogen-bond donors (Lipinski definition) is 3. The lowest BCUT2D eigenvalue weighted by Gasteiger charge is -2.17. The van der Waals surface area contributed by atoms with Crippen LogP contribution in [0.15, 0.2) is 29.3 Å². The van der Waals surface area contributed by atoms with Crippen LogP contribution in [0.3, 0.4) is 0 Å². The number of carbonyl (C=O) groups is 1. The molecule has 0 bridgehead atoms. The lowest BCUT2D eigenvalue weighted by molar-refractivity contribution is -0.119. The van der Waals surface area contributed by atoms with E-state index in [1.165, 1.54) is 0 Å². The van der Waals surface area contributed by atoms with Crippen molar-refractivity contribution in [3.8, 4) is 5.75 Å². The Morgan fingerprint density at radius 2 is 1.88 bits per heavy atom. The molecule has 1 amide bonds. The normalized spacial score (nSPS) is 11.9. The van der Waals surface area contributed by atoms with Gasteiger partial charge in [0.2, 0.25) is 5.91 Å². The first kappa shape index (κ1) is 23.8. The molecule has 25 heavy (non-hydrogen) atoms. The number of rotatable bonds is 9. The number of nitrogens with one attached hydrogen (secondary N) is 3. The van der Waals surface area contributed by atoms with Gasteiger partial charge in [-0.2, -0.15) is 0 Å². The van der Waals surface area contributed by atoms with Crippen molar-refractivity contribution < 1.29 is 9.53 Å². The molecule has 1 aromatic carbocycles. The average molecular weight is 483 g/mol. The fraction of sp³-hybridized carbons (Fsp3) is 0.529. The van der Waals surface area contributed by atoms with Crippen molar-refractivity contribution in [3.05, 3.63) is 29.3 Å². The van der Waals surface area contributed by atoms with Gasteiger partial charge in [-0.05, 0) is 44.5 Å². The molecule has 6 nitrogen and oxygen atoms in total. The molecule has 0 aliphatic rings. The van der Waals surface area contributed by atoms with Crippen molar-refractivity contribution >= 4 is 47.4 Å². The smallest absolute Gasteiger partial charge is 0.241 e. The topological polar surface area (TPSA) is 74.8 Å². The summed E-state index contributed by atoms with van der Waals surface area (Å²) < 4.78 is 5.79. The molecule has 0 fully saturated rings. The lowest BCUT2D eigenvalue weighted by Crippen LogP contribution is -2.42. The lowest BCUT2D eigenvalue weighted by atomic mass is 10.3. The number of nitrogens with zero attached hydrogens (tertiary/aromatic N) is 1. The van der Waals surface area contributed by atoms with Gasteiger partial charge in [-0.25, -0.2) is 4.99 Å². The van der Waals surface area contributed by atoms with Crippen LogP contribution in [0.1, 0.15) is 27.2 Å². The fourth-order valence-corrected chi connectivity index (χ4v) is 1.97. The molecule has 0 saturated heterocycles. The van der Waals surface area contributed by atoms with E-state index in [1.54, 1.807) is 12.1 Å². The van der Waals surface area contributed by atoms with E-state index in [-0.39, 0.29) is 42.5 Å². The summed E-state index contributed by atoms with van der Waals surface area (Å²) in [7, 11) is 0. The van der Waals surface area contributed by atoms with Gasteiger partial charge in [-0.1, -0.05) is 18.5 Å². The molecule has 1 rings (SSSR count). The molecule has 0 saturated carbocycles. The highest BCUT2D eigenvalue weighted by atomic mass is 127. The van der Waals surface area contributed by atoms with Crippen LogP contribution in [-0.4, -0.2) is 44.1 Å². The maximum atomic E-state index is 11.6. The summed E-state index contributed by atoms with van der Waals surface area (Å²) in [6, 6.07) is 7.24. The van der Waals surface area contributed by atoms with Gasteiger partial charge in [0, 0.05) is 18.1 Å². The average Bonchev–Trinajstić information content (AvgIpc) is 2.57. The number of benzene rings is 1. The van der Waals surface area contributed by atoms with E-state index in [0.717, 1.165) is 18.7 Å². The van der Waals surface area contributed by atoms with Gasteiger partial charge in [0.05, 0.1) is 6.54 Å². The Morgan fingerprint density at radius 3 is 2.48 bits per heavy atom. The Morgan fingerprint density at radius 1 is 1.20 bits per heavy atom. The number of carbonyl (C=O) groups excluding carboxylic acids is 1. The van der Waals surface area contributed by atoms with Crippen molar-refractivity contribution in [1.29, 1.82) is 0 Å². The van der Waals surface area contributed by atoms with Gasteiger partial charge in [0.25, 0.3) is 0 Å². The minimum absolute atomic E-state index is 0. The van der Waals surface area contributed by atoms with Gasteiger partial charge in [-0.15, -0.1) is 24.0 Å². The molecule has 1 aromatic rings. The molecule has 0 aliphatic carbocycles. The molecule has 1 unspecified atom stereocenters. The zero-order valence-corrected chi connectivity index (χ0v) is 18.1. The molecule has 3 N–H and O–H groups in total. The second-order valence-corrected chi connectivity index (χ2v) is 5.74. The van der Waals surface area contributed by atoms with Crippen LogP contribution < -0.4 is 20.7 Å². The Bertz CT molecular complexity index is 526. The zero-order valence-electron chi connectivity index (χ0n) is 15.0. The quantitative estimate of drug-likeness (QED) is 0.287. The fourth-order valence-electron chi connectivity index (χ4n) is 1.84. The first-order valence-corrected chi connectivity index (χ1v) is 8.64. The van der Waals surface area contributed by atoms with Crippen molar-refractivity contribution in [1.82, 2.24) is 16.0 Å². The Balaban J connectivity index is 0.00000576. The van der Waals surface area contributed by atoms with Crippen molar-refractivity contribution in [2.45, 2.75) is 33.3 Å². The van der Waals surface area contributed by atoms with Crippen molar-refractivity contribution in [2.24, 2.45) is 4.99 Å². The zero-order chi connectivity index (χ0) is 17.8. The molecule has 0 heterocycles. The molecule has 0 aliphatic heterocycles. The molecule has 0 aromatic heterocycles. The highest BCUT2D eigenvalue weighted by molar-refractivity contribution is 14.0. The third-order valence-corrected chi connectivity index (χ3v) is 3.26. The second-order valence-electron chi connectivity index (χ2n) is 5.31. The third-order valence-electron chi connectivity index (χ3n) is 3.01. The van der Waals surface area contributed by atoms with Crippen molar-refractivity contribution in [3.63, 3.8) is 0 Å². The van der Waals surface area contributed by atoms with Crippen LogP contribution in [-0.2, 0) is 4.79 Å². The summed E-state index contributed by atoms with van der Waals surface area (Å²) in [6.07, 6.45) is 0.844. The van der Waals surface area contributed by atoms with Gasteiger partial charge in [-0.3, -0.25) is 4.79 Å². The standard InChI is InChI=1S/C17H27ClN4O2.HI/c1-4-10-20-16(23)12-22-17(19-5-2)21-11-13(3)24-15-8-6-14(18)7-9-15;/h6-9,13H,4-5,10-12H2,1-3H3,(H,20,23)(H2,19,21,22);1H. The summed E-state index contributed by atoms with van der Waals surface area (Å²) in [5.41, 5.74) is 0. The van der Waals surface area contributed by atoms with Gasteiger partial charge >= 0.3 is 0 Å². The van der Waals surface area contributed by atoms with Crippen LogP contribution in [0.25, 0.3) is 0 Å². The molecule has 8 heteroatoms. The van der Waals surface area contributed by atoms with E-state index in [0.29, 0.717) is 24.1 Å². The summed E-state index contributed by atoms with van der Waals surface area (Å²) in [5, 5.41) is 9.75. The van der Waals surface area contributed by atoms with Crippen molar-refractivity contribution in [2.75, 3.05) is 26.2 Å². The molecular weight excluding hydrogens is 455 g/mol. The van der Waals surface area contributed by atoms with Crippen LogP contribution >= 0.6 is 35.6 Å². The minimum atomic E-state index is -0.0838. The number of aliphatic imine (C=N–C) groups is 1. The Kier molecular flexibility index (Phi) is 13.3. The van der Waals surface area contributed by atoms with Crippen LogP contribution in [0.2, 0.25) is 5.02 Å². The first-order chi connectivity index (χ1) is 11.5. The number of ether oxygens (including phenoxy) is 1. The summed E-state index contributed by atoms with van der Waals surface area (Å²) in [4.78, 5) is 15.9. The van der Waals surface area contributed by atoms with E-state index >= 15 is 0 Å². The van der Waals surface area contributed by atoms with E-state index in [4.69, 9.17) is 16.3 Å². The molecular formula is C17H28ClIN4O2. The van der Waals surface area contributed by atoms with E-state index in [9.17, 15) is 4.79 Å². The van der Waals surface area contributed by atoms with Crippen LogP contribution in [0, 0.1) is 0 Å². The van der Waals surface area contributed by atoms with Crippen LogP contribution in [0.5, 0.6) is 5.75 Å². The van der Waals surface area contributed by atoms with E-state index in [1.807, 2.05) is 32.9 Å². The maximum Gasteiger partial charge on any atom is 0.241 e. The summed E-state index contributed by atoms with van der Waals surface area (Å²) in [5.74, 6) is 1.27. The monoisotopic (exact) mass is 482 g/mol. The number of amides is 1.